The van der Waals surface area contributed by atoms with Crippen LogP contribution in [0.5, 0.6) is 0 Å². The normalized spacial score (nSPS) is 16.1. The molecule has 1 rings (SSSR count). The van der Waals surface area contributed by atoms with E-state index in [2.05, 4.69) is 23.0 Å². The Hall–Kier alpha value is -1.45. The molecule has 4 nitrogen and oxygen atoms in total. The van der Waals surface area contributed by atoms with Crippen LogP contribution in [-0.4, -0.2) is 47.1 Å². The largest absolute Gasteiger partial charge is 0.481 e. The van der Waals surface area contributed by atoms with Crippen molar-refractivity contribution in [3.8, 4) is 0 Å². The highest BCUT2D eigenvalue weighted by Crippen LogP contribution is 2.14. The summed E-state index contributed by atoms with van der Waals surface area (Å²) >= 11 is 0. The topological polar surface area (TPSA) is 43.8 Å². The van der Waals surface area contributed by atoms with Crippen LogP contribution in [0, 0.1) is 0 Å². The molecule has 0 atom stereocenters. The first-order chi connectivity index (χ1) is 7.50. The molecule has 0 bridgehead atoms. The van der Waals surface area contributed by atoms with Gasteiger partial charge < -0.3 is 14.9 Å². The predicted molar refractivity (Wildman–Crippen MR) is 64.0 cm³/mol. The maximum Gasteiger partial charge on any atom is 0.303 e. The Morgan fingerprint density at radius 1 is 1.12 bits per heavy atom. The van der Waals surface area contributed by atoms with Crippen molar-refractivity contribution in [2.24, 2.45) is 0 Å². The van der Waals surface area contributed by atoms with Gasteiger partial charge in [-0.3, -0.25) is 4.79 Å². The molecule has 0 aliphatic carbocycles. The van der Waals surface area contributed by atoms with E-state index in [9.17, 15) is 4.79 Å². The fourth-order valence-corrected chi connectivity index (χ4v) is 1.81. The molecule has 0 unspecified atom stereocenters. The standard InChI is InChI=1S/C12H20N2O2/c1-10(2)13-6-8-14(9-7-13)11(3)4-5-12(15)16/h1,3-9H2,2H3,(H,15,16). The lowest BCUT2D eigenvalue weighted by molar-refractivity contribution is -0.137. The zero-order chi connectivity index (χ0) is 12.1. The van der Waals surface area contributed by atoms with Crippen molar-refractivity contribution >= 4 is 5.97 Å². The fraction of sp³-hybridized carbons (Fsp3) is 0.583. The van der Waals surface area contributed by atoms with Gasteiger partial charge in [-0.2, -0.15) is 0 Å². The molecule has 90 valence electrons. The summed E-state index contributed by atoms with van der Waals surface area (Å²) in [7, 11) is 0. The second-order valence-electron chi connectivity index (χ2n) is 4.17. The molecule has 0 radical (unpaired) electrons. The molecule has 0 aromatic rings. The number of carboxylic acids is 1. The first-order valence-corrected chi connectivity index (χ1v) is 5.55. The number of carbonyl (C=O) groups is 1. The highest BCUT2D eigenvalue weighted by molar-refractivity contribution is 5.66. The molecule has 1 aliphatic heterocycles. The Balaban J connectivity index is 2.33. The van der Waals surface area contributed by atoms with Crippen LogP contribution in [0.15, 0.2) is 24.6 Å². The molecule has 1 N–H and O–H groups in total. The van der Waals surface area contributed by atoms with Crippen molar-refractivity contribution in [2.45, 2.75) is 19.8 Å². The zero-order valence-electron chi connectivity index (χ0n) is 9.91. The molecule has 1 heterocycles. The van der Waals surface area contributed by atoms with Crippen molar-refractivity contribution in [1.82, 2.24) is 9.80 Å². The minimum Gasteiger partial charge on any atom is -0.481 e. The van der Waals surface area contributed by atoms with Crippen molar-refractivity contribution in [2.75, 3.05) is 26.2 Å². The zero-order valence-corrected chi connectivity index (χ0v) is 9.91. The first-order valence-electron chi connectivity index (χ1n) is 5.55. The average Bonchev–Trinajstić information content (AvgIpc) is 2.26. The third kappa shape index (κ3) is 3.61. The Bertz CT molecular complexity index is 291. The van der Waals surface area contributed by atoms with Gasteiger partial charge in [-0.25, -0.2) is 0 Å². The number of allylic oxidation sites excluding steroid dienone is 2. The van der Waals surface area contributed by atoms with Crippen molar-refractivity contribution in [3.05, 3.63) is 24.6 Å². The quantitative estimate of drug-likeness (QED) is 0.769. The molecule has 1 aliphatic rings. The number of hydrogen-bond acceptors (Lipinski definition) is 3. The first kappa shape index (κ1) is 12.6. The summed E-state index contributed by atoms with van der Waals surface area (Å²) < 4.78 is 0. The van der Waals surface area contributed by atoms with E-state index in [0.717, 1.165) is 37.6 Å². The lowest BCUT2D eigenvalue weighted by Gasteiger charge is -2.38. The third-order valence-corrected chi connectivity index (χ3v) is 2.89. The molecule has 1 fully saturated rings. The van der Waals surface area contributed by atoms with Crippen LogP contribution < -0.4 is 0 Å². The minimum atomic E-state index is -0.762. The number of aliphatic carboxylic acids is 1. The number of piperazine rings is 1. The maximum absolute atomic E-state index is 10.4. The van der Waals surface area contributed by atoms with Crippen LogP contribution in [-0.2, 0) is 4.79 Å². The van der Waals surface area contributed by atoms with Crippen LogP contribution in [0.4, 0.5) is 0 Å². The molecule has 16 heavy (non-hydrogen) atoms. The highest BCUT2D eigenvalue weighted by atomic mass is 16.4. The van der Waals surface area contributed by atoms with Crippen LogP contribution >= 0.6 is 0 Å². The molecule has 0 aromatic carbocycles. The molecular weight excluding hydrogens is 204 g/mol. The monoisotopic (exact) mass is 224 g/mol. The van der Waals surface area contributed by atoms with Gasteiger partial charge in [0.05, 0.1) is 6.42 Å². The summed E-state index contributed by atoms with van der Waals surface area (Å²) in [6, 6.07) is 0. The van der Waals surface area contributed by atoms with Gasteiger partial charge in [-0.1, -0.05) is 13.2 Å². The average molecular weight is 224 g/mol. The molecular formula is C12H20N2O2. The van der Waals surface area contributed by atoms with Gasteiger partial charge in [0.15, 0.2) is 0 Å². The Labute approximate surface area is 96.8 Å². The summed E-state index contributed by atoms with van der Waals surface area (Å²) in [5, 5.41) is 8.60. The number of rotatable bonds is 5. The molecule has 0 spiro atoms. The molecule has 1 saturated heterocycles. The van der Waals surface area contributed by atoms with Crippen molar-refractivity contribution in [3.63, 3.8) is 0 Å². The molecule has 4 heteroatoms. The lowest BCUT2D eigenvalue weighted by atomic mass is 10.2. The van der Waals surface area contributed by atoms with Crippen LogP contribution in [0.25, 0.3) is 0 Å². The van der Waals surface area contributed by atoms with E-state index in [0.29, 0.717) is 6.42 Å². The smallest absolute Gasteiger partial charge is 0.303 e. The second kappa shape index (κ2) is 5.58. The molecule has 0 amide bonds. The van der Waals surface area contributed by atoms with E-state index in [1.165, 1.54) is 0 Å². The van der Waals surface area contributed by atoms with E-state index in [1.54, 1.807) is 0 Å². The Morgan fingerprint density at radius 2 is 1.62 bits per heavy atom. The number of nitrogens with zero attached hydrogens (tertiary/aromatic N) is 2. The van der Waals surface area contributed by atoms with Gasteiger partial charge in [-0.15, -0.1) is 0 Å². The van der Waals surface area contributed by atoms with Gasteiger partial charge in [0.1, 0.15) is 0 Å². The van der Waals surface area contributed by atoms with Gasteiger partial charge in [0.2, 0.25) is 0 Å². The molecule has 0 aromatic heterocycles. The SMILES string of the molecule is C=C(C)N1CCN(C(=C)CCC(=O)O)CC1. The van der Waals surface area contributed by atoms with Crippen molar-refractivity contribution < 1.29 is 9.90 Å². The van der Waals surface area contributed by atoms with Crippen LogP contribution in [0.2, 0.25) is 0 Å². The van der Waals surface area contributed by atoms with Crippen molar-refractivity contribution in [1.29, 1.82) is 0 Å². The molecule has 0 saturated carbocycles. The van der Waals surface area contributed by atoms with Crippen LogP contribution in [0.1, 0.15) is 19.8 Å². The second-order valence-corrected chi connectivity index (χ2v) is 4.17. The maximum atomic E-state index is 10.4. The van der Waals surface area contributed by atoms with Gasteiger partial charge in [0, 0.05) is 37.6 Å². The number of carboxylic acid groups (broad SMARTS) is 1. The van der Waals surface area contributed by atoms with Crippen LogP contribution in [0.3, 0.4) is 0 Å². The van der Waals surface area contributed by atoms with E-state index in [1.807, 2.05) is 6.92 Å². The summed E-state index contributed by atoms with van der Waals surface area (Å²) in [4.78, 5) is 14.9. The van der Waals surface area contributed by atoms with Gasteiger partial charge in [0.25, 0.3) is 0 Å². The third-order valence-electron chi connectivity index (χ3n) is 2.89. The summed E-state index contributed by atoms with van der Waals surface area (Å²) in [5.41, 5.74) is 2.03. The lowest BCUT2D eigenvalue weighted by Crippen LogP contribution is -2.44. The van der Waals surface area contributed by atoms with E-state index < -0.39 is 5.97 Å². The van der Waals surface area contributed by atoms with Gasteiger partial charge >= 0.3 is 5.97 Å². The highest BCUT2D eigenvalue weighted by Gasteiger charge is 2.17. The fourth-order valence-electron chi connectivity index (χ4n) is 1.81. The predicted octanol–water partition coefficient (Wildman–Crippen LogP) is 1.52. The summed E-state index contributed by atoms with van der Waals surface area (Å²) in [6.45, 7) is 13.6. The summed E-state index contributed by atoms with van der Waals surface area (Å²) in [5.74, 6) is -0.762. The summed E-state index contributed by atoms with van der Waals surface area (Å²) in [6.07, 6.45) is 0.710. The minimum absolute atomic E-state index is 0.166. The van der Waals surface area contributed by atoms with Gasteiger partial charge in [-0.05, 0) is 13.3 Å². The Morgan fingerprint density at radius 3 is 2.06 bits per heavy atom. The Kier molecular flexibility index (Phi) is 4.40. The van der Waals surface area contributed by atoms with E-state index in [-0.39, 0.29) is 6.42 Å². The van der Waals surface area contributed by atoms with E-state index >= 15 is 0 Å². The number of hydrogen-bond donors (Lipinski definition) is 1. The van der Waals surface area contributed by atoms with E-state index in [4.69, 9.17) is 5.11 Å².